The van der Waals surface area contributed by atoms with Gasteiger partial charge in [-0.2, -0.15) is 0 Å². The molecular formula is C13H11BrN2O. The van der Waals surface area contributed by atoms with Gasteiger partial charge in [-0.1, -0.05) is 6.07 Å². The number of hydrogen-bond donors (Lipinski definition) is 1. The van der Waals surface area contributed by atoms with Gasteiger partial charge in [0.15, 0.2) is 0 Å². The summed E-state index contributed by atoms with van der Waals surface area (Å²) in [7, 11) is 0. The van der Waals surface area contributed by atoms with Gasteiger partial charge in [0.2, 0.25) is 0 Å². The lowest BCUT2D eigenvalue weighted by Gasteiger charge is -2.08. The van der Waals surface area contributed by atoms with Crippen molar-refractivity contribution in [1.29, 1.82) is 0 Å². The number of amides is 1. The molecule has 0 unspecified atom stereocenters. The van der Waals surface area contributed by atoms with E-state index in [2.05, 4.69) is 26.2 Å². The molecule has 0 fully saturated rings. The smallest absolute Gasteiger partial charge is 0.255 e. The summed E-state index contributed by atoms with van der Waals surface area (Å²) in [6.45, 7) is 1.98. The number of nitrogens with one attached hydrogen (secondary N) is 1. The molecule has 3 nitrogen and oxygen atoms in total. The van der Waals surface area contributed by atoms with Crippen molar-refractivity contribution >= 4 is 27.5 Å². The monoisotopic (exact) mass is 290 g/mol. The van der Waals surface area contributed by atoms with E-state index in [1.165, 1.54) is 0 Å². The van der Waals surface area contributed by atoms with Gasteiger partial charge in [0.05, 0.1) is 5.69 Å². The lowest BCUT2D eigenvalue weighted by atomic mass is 10.2. The first-order valence-electron chi connectivity index (χ1n) is 5.14. The van der Waals surface area contributed by atoms with Gasteiger partial charge in [0.25, 0.3) is 5.91 Å². The highest BCUT2D eigenvalue weighted by Gasteiger charge is 2.07. The van der Waals surface area contributed by atoms with Crippen molar-refractivity contribution in [2.45, 2.75) is 6.92 Å². The minimum atomic E-state index is -0.140. The zero-order valence-corrected chi connectivity index (χ0v) is 10.9. The number of benzene rings is 1. The Morgan fingerprint density at radius 2 is 1.94 bits per heavy atom. The summed E-state index contributed by atoms with van der Waals surface area (Å²) in [5, 5.41) is 2.85. The molecule has 2 aromatic rings. The first-order chi connectivity index (χ1) is 8.16. The van der Waals surface area contributed by atoms with Gasteiger partial charge in [0.1, 0.15) is 0 Å². The molecule has 4 heteroatoms. The number of carbonyl (C=O) groups excluding carboxylic acids is 1. The van der Waals surface area contributed by atoms with Crippen molar-refractivity contribution in [3.8, 4) is 0 Å². The third kappa shape index (κ3) is 2.91. The Balaban J connectivity index is 2.22. The van der Waals surface area contributed by atoms with Crippen LogP contribution in [0.3, 0.4) is 0 Å². The van der Waals surface area contributed by atoms with Crippen LogP contribution in [0.5, 0.6) is 0 Å². The summed E-state index contributed by atoms with van der Waals surface area (Å²) >= 11 is 3.40. The average Bonchev–Trinajstić information content (AvgIpc) is 2.35. The largest absolute Gasteiger partial charge is 0.321 e. The number of anilines is 1. The fourth-order valence-electron chi connectivity index (χ4n) is 1.43. The van der Waals surface area contributed by atoms with Crippen molar-refractivity contribution < 1.29 is 4.79 Å². The zero-order valence-electron chi connectivity index (χ0n) is 9.27. The Kier molecular flexibility index (Phi) is 3.54. The summed E-state index contributed by atoms with van der Waals surface area (Å²) < 4.78 is 0.866. The first-order valence-corrected chi connectivity index (χ1v) is 5.93. The van der Waals surface area contributed by atoms with E-state index in [4.69, 9.17) is 0 Å². The number of nitrogens with zero attached hydrogens (tertiary/aromatic N) is 1. The maximum atomic E-state index is 11.9. The van der Waals surface area contributed by atoms with E-state index in [1.807, 2.05) is 25.1 Å². The van der Waals surface area contributed by atoms with Crippen LogP contribution >= 0.6 is 15.9 Å². The highest BCUT2D eigenvalue weighted by molar-refractivity contribution is 9.10. The standard InChI is InChI=1S/C13H11BrN2O/c1-9-2-3-11(14)12(8-9)16-13(17)10-4-6-15-7-5-10/h2-8H,1H3,(H,16,17). The third-order valence-corrected chi connectivity index (χ3v) is 3.00. The van der Waals surface area contributed by atoms with Crippen molar-refractivity contribution in [1.82, 2.24) is 4.98 Å². The second-order valence-electron chi connectivity index (χ2n) is 3.67. The van der Waals surface area contributed by atoms with Crippen LogP contribution in [0.15, 0.2) is 47.2 Å². The molecule has 17 heavy (non-hydrogen) atoms. The van der Waals surface area contributed by atoms with E-state index in [0.717, 1.165) is 15.7 Å². The maximum Gasteiger partial charge on any atom is 0.255 e. The van der Waals surface area contributed by atoms with Crippen LogP contribution in [0.4, 0.5) is 5.69 Å². The maximum absolute atomic E-state index is 11.9. The molecule has 1 aromatic heterocycles. The minimum absolute atomic E-state index is 0.140. The molecule has 0 saturated carbocycles. The molecule has 0 aliphatic heterocycles. The molecular weight excluding hydrogens is 280 g/mol. The second-order valence-corrected chi connectivity index (χ2v) is 4.53. The van der Waals surface area contributed by atoms with Crippen molar-refractivity contribution in [3.05, 3.63) is 58.3 Å². The Morgan fingerprint density at radius 3 is 2.65 bits per heavy atom. The molecule has 0 atom stereocenters. The number of aryl methyl sites for hydroxylation is 1. The van der Waals surface area contributed by atoms with Gasteiger partial charge in [0, 0.05) is 22.4 Å². The van der Waals surface area contributed by atoms with Crippen LogP contribution in [-0.2, 0) is 0 Å². The predicted octanol–water partition coefficient (Wildman–Crippen LogP) is 3.40. The van der Waals surface area contributed by atoms with E-state index in [9.17, 15) is 4.79 Å². The fourth-order valence-corrected chi connectivity index (χ4v) is 1.78. The van der Waals surface area contributed by atoms with Gasteiger partial charge in [-0.3, -0.25) is 9.78 Å². The topological polar surface area (TPSA) is 42.0 Å². The van der Waals surface area contributed by atoms with Crippen molar-refractivity contribution in [3.63, 3.8) is 0 Å². The van der Waals surface area contributed by atoms with E-state index in [-0.39, 0.29) is 5.91 Å². The van der Waals surface area contributed by atoms with Crippen molar-refractivity contribution in [2.75, 3.05) is 5.32 Å². The SMILES string of the molecule is Cc1ccc(Br)c(NC(=O)c2ccncc2)c1. The lowest BCUT2D eigenvalue weighted by Crippen LogP contribution is -2.12. The van der Waals surface area contributed by atoms with Gasteiger partial charge in [-0.05, 0) is 52.7 Å². The summed E-state index contributed by atoms with van der Waals surface area (Å²) in [5.74, 6) is -0.140. The molecule has 2 rings (SSSR count). The molecule has 1 amide bonds. The predicted molar refractivity (Wildman–Crippen MR) is 71.1 cm³/mol. The zero-order chi connectivity index (χ0) is 12.3. The highest BCUT2D eigenvalue weighted by atomic mass is 79.9. The van der Waals surface area contributed by atoms with Gasteiger partial charge < -0.3 is 5.32 Å². The third-order valence-electron chi connectivity index (χ3n) is 2.31. The Labute approximate surface area is 108 Å². The van der Waals surface area contributed by atoms with Crippen LogP contribution in [0, 0.1) is 6.92 Å². The minimum Gasteiger partial charge on any atom is -0.321 e. The molecule has 1 N–H and O–H groups in total. The van der Waals surface area contributed by atoms with E-state index in [0.29, 0.717) is 5.56 Å². The summed E-state index contributed by atoms with van der Waals surface area (Å²) in [5.41, 5.74) is 2.46. The molecule has 86 valence electrons. The second kappa shape index (κ2) is 5.10. The Morgan fingerprint density at radius 1 is 1.24 bits per heavy atom. The van der Waals surface area contributed by atoms with Gasteiger partial charge in [-0.25, -0.2) is 0 Å². The van der Waals surface area contributed by atoms with Gasteiger partial charge >= 0.3 is 0 Å². The summed E-state index contributed by atoms with van der Waals surface area (Å²) in [4.78, 5) is 15.8. The quantitative estimate of drug-likeness (QED) is 0.921. The number of hydrogen-bond acceptors (Lipinski definition) is 2. The molecule has 0 aliphatic rings. The van der Waals surface area contributed by atoms with Crippen molar-refractivity contribution in [2.24, 2.45) is 0 Å². The van der Waals surface area contributed by atoms with E-state index in [1.54, 1.807) is 24.5 Å². The lowest BCUT2D eigenvalue weighted by molar-refractivity contribution is 0.102. The molecule has 1 aromatic carbocycles. The van der Waals surface area contributed by atoms with E-state index >= 15 is 0 Å². The number of halogens is 1. The first kappa shape index (κ1) is 11.8. The molecule has 1 heterocycles. The van der Waals surface area contributed by atoms with Crippen LogP contribution in [0.25, 0.3) is 0 Å². The number of aromatic nitrogens is 1. The molecule has 0 saturated heterocycles. The summed E-state index contributed by atoms with van der Waals surface area (Å²) in [6, 6.07) is 9.17. The Hall–Kier alpha value is -1.68. The number of rotatable bonds is 2. The molecule has 0 radical (unpaired) electrons. The summed E-state index contributed by atoms with van der Waals surface area (Å²) in [6.07, 6.45) is 3.19. The molecule has 0 bridgehead atoms. The highest BCUT2D eigenvalue weighted by Crippen LogP contribution is 2.23. The number of pyridine rings is 1. The average molecular weight is 291 g/mol. The molecule has 0 spiro atoms. The van der Waals surface area contributed by atoms with E-state index < -0.39 is 0 Å². The fraction of sp³-hybridized carbons (Fsp3) is 0.0769. The number of carbonyl (C=O) groups is 1. The van der Waals surface area contributed by atoms with Crippen LogP contribution in [0.2, 0.25) is 0 Å². The van der Waals surface area contributed by atoms with Crippen LogP contribution < -0.4 is 5.32 Å². The van der Waals surface area contributed by atoms with Crippen LogP contribution in [0.1, 0.15) is 15.9 Å². The van der Waals surface area contributed by atoms with Gasteiger partial charge in [-0.15, -0.1) is 0 Å². The Bertz CT molecular complexity index is 540. The normalized spacial score (nSPS) is 10.0. The van der Waals surface area contributed by atoms with Crippen LogP contribution in [-0.4, -0.2) is 10.9 Å². The molecule has 0 aliphatic carbocycles.